The maximum Gasteiger partial charge on any atom is 0.0541 e. The highest BCUT2D eigenvalue weighted by atomic mass is 15.0. The van der Waals surface area contributed by atoms with Gasteiger partial charge in [0.05, 0.1) is 11.0 Å². The van der Waals surface area contributed by atoms with Gasteiger partial charge in [-0.25, -0.2) is 0 Å². The zero-order valence-corrected chi connectivity index (χ0v) is 47.8. The van der Waals surface area contributed by atoms with Crippen LogP contribution >= 0.6 is 0 Å². The fraction of sp³-hybridized carbons (Fsp3) is 0.0233. The number of aryl methyl sites for hydroxylation is 2. The largest absolute Gasteiger partial charge is 0.309 e. The van der Waals surface area contributed by atoms with Gasteiger partial charge in [0.25, 0.3) is 0 Å². The molecule has 87 heavy (non-hydrogen) atoms. The molecule has 18 rings (SSSR count). The van der Waals surface area contributed by atoms with Gasteiger partial charge in [-0.1, -0.05) is 249 Å². The predicted octanol–water partition coefficient (Wildman–Crippen LogP) is 23.4. The lowest BCUT2D eigenvalue weighted by molar-refractivity contribution is 0.972. The molecule has 0 radical (unpaired) electrons. The van der Waals surface area contributed by atoms with Crippen LogP contribution in [0.3, 0.4) is 0 Å². The normalized spacial score (nSPS) is 12.3. The molecule has 0 amide bonds. The van der Waals surface area contributed by atoms with Crippen molar-refractivity contribution in [3.05, 3.63) is 321 Å². The first-order valence-corrected chi connectivity index (χ1v) is 30.5. The van der Waals surface area contributed by atoms with Gasteiger partial charge in [0.15, 0.2) is 0 Å². The number of rotatable bonds is 9. The molecule has 0 fully saturated rings. The number of fused-ring (bicyclic) bond motifs is 3. The van der Waals surface area contributed by atoms with Gasteiger partial charge in [-0.3, -0.25) is 0 Å². The molecular formula is C86H55N. The van der Waals surface area contributed by atoms with E-state index < -0.39 is 0 Å². The highest BCUT2D eigenvalue weighted by molar-refractivity contribution is 6.32. The number of benzene rings is 16. The average Bonchev–Trinajstić information content (AvgIpc) is 2.13. The van der Waals surface area contributed by atoms with E-state index in [1.165, 1.54) is 176 Å². The number of aromatic nitrogens is 1. The van der Waals surface area contributed by atoms with Crippen molar-refractivity contribution in [2.24, 2.45) is 0 Å². The Morgan fingerprint density at radius 1 is 0.184 bits per heavy atom. The summed E-state index contributed by atoms with van der Waals surface area (Å²) < 4.78 is 2.48. The molecule has 0 atom stereocenters. The zero-order valence-electron chi connectivity index (χ0n) is 47.8. The molecule has 1 heterocycles. The molecule has 1 aliphatic rings. The first-order chi connectivity index (χ1) is 43.2. The summed E-state index contributed by atoms with van der Waals surface area (Å²) in [6.07, 6.45) is 1.88. The molecule has 1 aliphatic carbocycles. The van der Waals surface area contributed by atoms with Crippen LogP contribution in [-0.2, 0) is 12.8 Å². The summed E-state index contributed by atoms with van der Waals surface area (Å²) >= 11 is 0. The monoisotopic (exact) mass is 1100 g/mol. The summed E-state index contributed by atoms with van der Waals surface area (Å²) in [6.45, 7) is 0. The van der Waals surface area contributed by atoms with Crippen LogP contribution in [0.4, 0.5) is 0 Å². The summed E-state index contributed by atoms with van der Waals surface area (Å²) in [5, 5.41) is 15.5. The van der Waals surface area contributed by atoms with Crippen LogP contribution in [0.1, 0.15) is 11.1 Å². The first kappa shape index (κ1) is 49.3. The van der Waals surface area contributed by atoms with Crippen molar-refractivity contribution < 1.29 is 0 Å². The Balaban J connectivity index is 0.916. The van der Waals surface area contributed by atoms with Crippen LogP contribution in [-0.4, -0.2) is 4.57 Å². The third kappa shape index (κ3) is 7.73. The van der Waals surface area contributed by atoms with Gasteiger partial charge in [-0.2, -0.15) is 0 Å². The van der Waals surface area contributed by atoms with Gasteiger partial charge in [0.1, 0.15) is 0 Å². The predicted molar refractivity (Wildman–Crippen MR) is 370 cm³/mol. The Morgan fingerprint density at radius 3 is 0.770 bits per heavy atom. The van der Waals surface area contributed by atoms with Gasteiger partial charge >= 0.3 is 0 Å². The van der Waals surface area contributed by atoms with Crippen molar-refractivity contribution in [1.82, 2.24) is 4.57 Å². The third-order valence-corrected chi connectivity index (χ3v) is 19.1. The Labute approximate surface area is 505 Å². The van der Waals surface area contributed by atoms with Gasteiger partial charge in [-0.05, 0) is 228 Å². The van der Waals surface area contributed by atoms with Crippen molar-refractivity contribution >= 4 is 75.7 Å². The summed E-state index contributed by atoms with van der Waals surface area (Å²) in [6, 6.07) is 116. The summed E-state index contributed by atoms with van der Waals surface area (Å²) in [4.78, 5) is 0. The van der Waals surface area contributed by atoms with E-state index in [0.717, 1.165) is 18.5 Å². The van der Waals surface area contributed by atoms with Crippen LogP contribution in [0.5, 0.6) is 0 Å². The zero-order chi connectivity index (χ0) is 57.1. The summed E-state index contributed by atoms with van der Waals surface area (Å²) in [7, 11) is 0. The van der Waals surface area contributed by atoms with Crippen LogP contribution in [0.15, 0.2) is 309 Å². The Morgan fingerprint density at radius 2 is 0.437 bits per heavy atom. The van der Waals surface area contributed by atoms with E-state index in [-0.39, 0.29) is 0 Å². The molecule has 16 aromatic carbocycles. The van der Waals surface area contributed by atoms with E-state index in [4.69, 9.17) is 0 Å². The number of nitrogens with zero attached hydrogens (tertiary/aromatic N) is 1. The van der Waals surface area contributed by atoms with Crippen molar-refractivity contribution in [2.45, 2.75) is 12.8 Å². The minimum absolute atomic E-state index is 0.934. The topological polar surface area (TPSA) is 4.93 Å². The van der Waals surface area contributed by atoms with Crippen LogP contribution < -0.4 is 0 Å². The van der Waals surface area contributed by atoms with E-state index in [1.807, 2.05) is 0 Å². The molecular weight excluding hydrogens is 1050 g/mol. The lowest BCUT2D eigenvalue weighted by atomic mass is 9.76. The van der Waals surface area contributed by atoms with Gasteiger partial charge < -0.3 is 4.57 Å². The van der Waals surface area contributed by atoms with Gasteiger partial charge in [0.2, 0.25) is 0 Å². The Bertz CT molecular complexity index is 5500. The lowest BCUT2D eigenvalue weighted by Crippen LogP contribution is -2.07. The molecule has 1 heteroatoms. The molecule has 17 aromatic rings. The second-order valence-electron chi connectivity index (χ2n) is 23.7. The molecule has 0 saturated heterocycles. The second kappa shape index (κ2) is 19.7. The number of hydrogen-bond donors (Lipinski definition) is 0. The van der Waals surface area contributed by atoms with E-state index in [0.29, 0.717) is 0 Å². The quantitative estimate of drug-likeness (QED) is 0.127. The molecule has 0 unspecified atom stereocenters. The smallest absolute Gasteiger partial charge is 0.0541 e. The van der Waals surface area contributed by atoms with Crippen LogP contribution in [0.2, 0.25) is 0 Å². The minimum atomic E-state index is 0.934. The van der Waals surface area contributed by atoms with Crippen molar-refractivity contribution in [3.8, 4) is 94.7 Å². The number of hydrogen-bond acceptors (Lipinski definition) is 0. The lowest BCUT2D eigenvalue weighted by Gasteiger charge is -2.27. The number of para-hydroxylation sites is 1. The molecule has 1 nitrogen and oxygen atoms in total. The summed E-state index contributed by atoms with van der Waals surface area (Å²) in [5.41, 5.74) is 26.2. The highest BCUT2D eigenvalue weighted by Gasteiger charge is 2.28. The molecule has 0 spiro atoms. The van der Waals surface area contributed by atoms with Crippen molar-refractivity contribution in [2.75, 3.05) is 0 Å². The molecule has 404 valence electrons. The Kier molecular flexibility index (Phi) is 11.2. The maximum atomic E-state index is 2.52. The summed E-state index contributed by atoms with van der Waals surface area (Å²) in [5.74, 6) is 0. The van der Waals surface area contributed by atoms with E-state index in [1.54, 1.807) is 0 Å². The molecule has 0 bridgehead atoms. The van der Waals surface area contributed by atoms with E-state index >= 15 is 0 Å². The average molecular weight is 1100 g/mol. The highest BCUT2D eigenvalue weighted by Crippen LogP contribution is 2.52. The van der Waals surface area contributed by atoms with Crippen LogP contribution in [0, 0.1) is 0 Å². The van der Waals surface area contributed by atoms with Gasteiger partial charge in [0, 0.05) is 16.5 Å². The first-order valence-electron chi connectivity index (χ1n) is 30.5. The van der Waals surface area contributed by atoms with Gasteiger partial charge in [-0.15, -0.1) is 0 Å². The molecule has 0 aliphatic heterocycles. The third-order valence-electron chi connectivity index (χ3n) is 19.1. The maximum absolute atomic E-state index is 2.52. The minimum Gasteiger partial charge on any atom is -0.309 e. The van der Waals surface area contributed by atoms with E-state index in [9.17, 15) is 0 Å². The SMILES string of the molecule is c1ccc(-c2cc(-c3ccccc3)c3ccc4c(-c5ccccc5)cc(-c5ccc6c(c5)c5cc(-c7cc(-c8ccccc8)c8ccc9c(-c%10ccccc%10)cc(-c%10ccccc%10)c%10ccc7c8c9%10)ccc5n6-c5ccccc5)c5c4c3c2CC5)cc1. The second-order valence-corrected chi connectivity index (χ2v) is 23.7. The Hall–Kier alpha value is -11.1. The fourth-order valence-electron chi connectivity index (χ4n) is 15.2. The fourth-order valence-corrected chi connectivity index (χ4v) is 15.2. The van der Waals surface area contributed by atoms with Crippen molar-refractivity contribution in [3.63, 3.8) is 0 Å². The van der Waals surface area contributed by atoms with Crippen molar-refractivity contribution in [1.29, 1.82) is 0 Å². The van der Waals surface area contributed by atoms with E-state index in [2.05, 4.69) is 314 Å². The molecule has 1 aromatic heterocycles. The molecule has 0 saturated carbocycles. The standard InChI is InChI=1S/C86H55N/c1-8-22-54(23-9-1)71-50-73(56-26-12-3-13-27-56)65-42-44-69-77(52-75(58-30-16-5-17-31-58)67-40-38-63(71)83(65)85(67)69)60-36-46-81-79(48-60)80-49-61(37-47-82(80)87(81)62-34-20-7-21-35-62)78-53-76(59-32-18-6-19-33-59)68-41-39-64-72(55-24-10-2-11-25-55)51-74(57-28-14-4-15-29-57)66-43-45-70(78)86(68)84(64)66/h1-42,44,46-53H,43,45H2. The van der Waals surface area contributed by atoms with Crippen LogP contribution in [0.25, 0.3) is 170 Å². The molecule has 0 N–H and O–H groups in total.